The Balaban J connectivity index is 1.66. The third-order valence-electron chi connectivity index (χ3n) is 6.46. The molecule has 1 N–H and O–H groups in total. The van der Waals surface area contributed by atoms with Crippen LogP contribution in [0, 0.1) is 18.7 Å². The van der Waals surface area contributed by atoms with E-state index in [9.17, 15) is 9.18 Å². The summed E-state index contributed by atoms with van der Waals surface area (Å²) in [5, 5.41) is 3.53. The predicted octanol–water partition coefficient (Wildman–Crippen LogP) is 6.30. The minimum absolute atomic E-state index is 0.0770. The van der Waals surface area contributed by atoms with E-state index in [0.29, 0.717) is 19.6 Å². The molecule has 3 aromatic rings. The Morgan fingerprint density at radius 2 is 1.82 bits per heavy atom. The standard InChI is InChI=1S/C27H33FN4O/c1-4-6-7-20(5-2)27(33)31-16-17-32-24(18-31)30-25(21-10-12-22(28)13-11-21)26(32)29-23-14-8-19(3)9-15-23/h8-15,20,29H,4-7,16-18H2,1-3H3/t20-/m0/s1. The first-order valence-electron chi connectivity index (χ1n) is 12.0. The Labute approximate surface area is 195 Å². The number of hydrogen-bond acceptors (Lipinski definition) is 3. The van der Waals surface area contributed by atoms with Gasteiger partial charge in [-0.15, -0.1) is 0 Å². The van der Waals surface area contributed by atoms with Crippen molar-refractivity contribution in [1.29, 1.82) is 0 Å². The summed E-state index contributed by atoms with van der Waals surface area (Å²) in [4.78, 5) is 20.1. The van der Waals surface area contributed by atoms with Crippen LogP contribution >= 0.6 is 0 Å². The number of rotatable bonds is 8. The average Bonchev–Trinajstić information content (AvgIpc) is 3.18. The first kappa shape index (κ1) is 23.0. The Kier molecular flexibility index (Phi) is 7.11. The van der Waals surface area contributed by atoms with Gasteiger partial charge >= 0.3 is 0 Å². The summed E-state index contributed by atoms with van der Waals surface area (Å²) in [5.74, 6) is 1.77. The summed E-state index contributed by atoms with van der Waals surface area (Å²) in [7, 11) is 0. The first-order chi connectivity index (χ1) is 16.0. The van der Waals surface area contributed by atoms with Gasteiger partial charge in [0.25, 0.3) is 0 Å². The van der Waals surface area contributed by atoms with E-state index >= 15 is 0 Å². The minimum Gasteiger partial charge on any atom is -0.340 e. The number of anilines is 2. The molecule has 0 bridgehead atoms. The van der Waals surface area contributed by atoms with Crippen LogP contribution in [0.3, 0.4) is 0 Å². The van der Waals surface area contributed by atoms with E-state index in [0.717, 1.165) is 54.3 Å². The summed E-state index contributed by atoms with van der Waals surface area (Å²) in [6, 6.07) is 14.6. The number of nitrogens with one attached hydrogen (secondary N) is 1. The van der Waals surface area contributed by atoms with Crippen LogP contribution in [0.25, 0.3) is 11.3 Å². The molecule has 6 heteroatoms. The summed E-state index contributed by atoms with van der Waals surface area (Å²) < 4.78 is 15.7. The molecule has 0 saturated heterocycles. The number of imidazole rings is 1. The van der Waals surface area contributed by atoms with Crippen LogP contribution in [0.5, 0.6) is 0 Å². The molecule has 0 spiro atoms. The molecule has 4 rings (SSSR count). The maximum absolute atomic E-state index is 13.6. The highest BCUT2D eigenvalue weighted by atomic mass is 19.1. The molecule has 2 aromatic carbocycles. The Morgan fingerprint density at radius 1 is 1.09 bits per heavy atom. The van der Waals surface area contributed by atoms with Gasteiger partial charge in [0.1, 0.15) is 23.2 Å². The number of aryl methyl sites for hydroxylation is 1. The van der Waals surface area contributed by atoms with Gasteiger partial charge in [-0.2, -0.15) is 0 Å². The van der Waals surface area contributed by atoms with Crippen LogP contribution in [-0.4, -0.2) is 26.9 Å². The smallest absolute Gasteiger partial charge is 0.226 e. The van der Waals surface area contributed by atoms with Gasteiger partial charge in [0.05, 0.1) is 6.54 Å². The van der Waals surface area contributed by atoms with Gasteiger partial charge in [-0.1, -0.05) is 44.4 Å². The lowest BCUT2D eigenvalue weighted by Gasteiger charge is -2.31. The molecule has 0 radical (unpaired) electrons. The van der Waals surface area contributed by atoms with E-state index in [-0.39, 0.29) is 17.6 Å². The predicted molar refractivity (Wildman–Crippen MR) is 131 cm³/mol. The van der Waals surface area contributed by atoms with Crippen LogP contribution in [-0.2, 0) is 17.9 Å². The second-order valence-corrected chi connectivity index (χ2v) is 8.88. The van der Waals surface area contributed by atoms with Gasteiger partial charge in [-0.3, -0.25) is 4.79 Å². The first-order valence-corrected chi connectivity index (χ1v) is 12.0. The Hall–Kier alpha value is -3.15. The molecule has 0 saturated carbocycles. The van der Waals surface area contributed by atoms with Crippen molar-refractivity contribution in [1.82, 2.24) is 14.5 Å². The van der Waals surface area contributed by atoms with E-state index in [1.807, 2.05) is 17.0 Å². The SMILES string of the molecule is CCCC[C@H](CC)C(=O)N1CCn2c(nc(-c3ccc(F)cc3)c2Nc2ccc(C)cc2)C1. The molecule has 1 aliphatic rings. The molecule has 174 valence electrons. The number of carbonyl (C=O) groups is 1. The summed E-state index contributed by atoms with van der Waals surface area (Å²) in [6.07, 6.45) is 3.98. The second kappa shape index (κ2) is 10.2. The van der Waals surface area contributed by atoms with Crippen LogP contribution in [0.2, 0.25) is 0 Å². The van der Waals surface area contributed by atoms with E-state index in [2.05, 4.69) is 42.8 Å². The normalized spacial score (nSPS) is 14.1. The molecule has 0 fully saturated rings. The van der Waals surface area contributed by atoms with E-state index in [1.54, 1.807) is 12.1 Å². The summed E-state index contributed by atoms with van der Waals surface area (Å²) in [6.45, 7) is 8.15. The van der Waals surface area contributed by atoms with Crippen molar-refractivity contribution in [3.63, 3.8) is 0 Å². The average molecular weight is 449 g/mol. The maximum atomic E-state index is 13.6. The van der Waals surface area contributed by atoms with Gasteiger partial charge in [-0.05, 0) is 56.2 Å². The number of carbonyl (C=O) groups excluding carboxylic acids is 1. The highest BCUT2D eigenvalue weighted by molar-refractivity contribution is 5.80. The van der Waals surface area contributed by atoms with Gasteiger partial charge in [-0.25, -0.2) is 9.37 Å². The van der Waals surface area contributed by atoms with Gasteiger partial charge in [0, 0.05) is 30.3 Å². The van der Waals surface area contributed by atoms with Crippen molar-refractivity contribution >= 4 is 17.4 Å². The fourth-order valence-electron chi connectivity index (χ4n) is 4.44. The molecule has 33 heavy (non-hydrogen) atoms. The lowest BCUT2D eigenvalue weighted by Crippen LogP contribution is -2.41. The lowest BCUT2D eigenvalue weighted by molar-refractivity contribution is -0.137. The Bertz CT molecular complexity index is 1090. The van der Waals surface area contributed by atoms with Gasteiger partial charge in [0.2, 0.25) is 5.91 Å². The summed E-state index contributed by atoms with van der Waals surface area (Å²) >= 11 is 0. The maximum Gasteiger partial charge on any atom is 0.226 e. The monoisotopic (exact) mass is 448 g/mol. The molecule has 1 amide bonds. The number of amides is 1. The van der Waals surface area contributed by atoms with Gasteiger partial charge in [0.15, 0.2) is 0 Å². The number of halogens is 1. The van der Waals surface area contributed by atoms with Crippen molar-refractivity contribution in [3.05, 3.63) is 65.7 Å². The largest absolute Gasteiger partial charge is 0.340 e. The van der Waals surface area contributed by atoms with Crippen molar-refractivity contribution in [2.45, 2.75) is 59.5 Å². The molecule has 2 heterocycles. The number of nitrogens with zero attached hydrogens (tertiary/aromatic N) is 3. The van der Waals surface area contributed by atoms with Crippen molar-refractivity contribution in [2.75, 3.05) is 11.9 Å². The van der Waals surface area contributed by atoms with Crippen molar-refractivity contribution in [3.8, 4) is 11.3 Å². The number of fused-ring (bicyclic) bond motifs is 1. The zero-order valence-corrected chi connectivity index (χ0v) is 19.8. The lowest BCUT2D eigenvalue weighted by atomic mass is 9.97. The Morgan fingerprint density at radius 3 is 2.48 bits per heavy atom. The fraction of sp³-hybridized carbons (Fsp3) is 0.407. The minimum atomic E-state index is -0.273. The molecule has 0 aliphatic carbocycles. The number of hydrogen-bond donors (Lipinski definition) is 1. The van der Waals surface area contributed by atoms with Crippen molar-refractivity contribution in [2.24, 2.45) is 5.92 Å². The van der Waals surface area contributed by atoms with Crippen LogP contribution in [0.4, 0.5) is 15.9 Å². The number of benzene rings is 2. The number of unbranched alkanes of at least 4 members (excludes halogenated alkanes) is 1. The van der Waals surface area contributed by atoms with E-state index in [1.165, 1.54) is 17.7 Å². The number of aromatic nitrogens is 2. The van der Waals surface area contributed by atoms with E-state index < -0.39 is 0 Å². The van der Waals surface area contributed by atoms with Crippen LogP contribution < -0.4 is 5.32 Å². The molecule has 5 nitrogen and oxygen atoms in total. The molecular formula is C27H33FN4O. The second-order valence-electron chi connectivity index (χ2n) is 8.88. The molecule has 1 atom stereocenters. The summed E-state index contributed by atoms with van der Waals surface area (Å²) in [5.41, 5.74) is 3.78. The highest BCUT2D eigenvalue weighted by Gasteiger charge is 2.29. The molecular weight excluding hydrogens is 415 g/mol. The van der Waals surface area contributed by atoms with Gasteiger partial charge < -0.3 is 14.8 Å². The van der Waals surface area contributed by atoms with Crippen LogP contribution in [0.15, 0.2) is 48.5 Å². The molecule has 0 unspecified atom stereocenters. The van der Waals surface area contributed by atoms with Crippen molar-refractivity contribution < 1.29 is 9.18 Å². The molecule has 1 aliphatic heterocycles. The fourth-order valence-corrected chi connectivity index (χ4v) is 4.44. The zero-order chi connectivity index (χ0) is 23.4. The quantitative estimate of drug-likeness (QED) is 0.440. The zero-order valence-electron chi connectivity index (χ0n) is 19.8. The molecule has 1 aromatic heterocycles. The topological polar surface area (TPSA) is 50.2 Å². The third-order valence-corrected chi connectivity index (χ3v) is 6.46. The third kappa shape index (κ3) is 5.10. The van der Waals surface area contributed by atoms with E-state index in [4.69, 9.17) is 4.98 Å². The highest BCUT2D eigenvalue weighted by Crippen LogP contribution is 2.34. The van der Waals surface area contributed by atoms with Crippen LogP contribution in [0.1, 0.15) is 50.9 Å².